The van der Waals surface area contributed by atoms with Crippen LogP contribution in [-0.2, 0) is 16.1 Å². The van der Waals surface area contributed by atoms with Crippen molar-refractivity contribution in [3.63, 3.8) is 0 Å². The second-order valence-electron chi connectivity index (χ2n) is 4.50. The highest BCUT2D eigenvalue weighted by Crippen LogP contribution is 2.23. The highest BCUT2D eigenvalue weighted by Gasteiger charge is 2.21. The Morgan fingerprint density at radius 1 is 1.35 bits per heavy atom. The number of benzene rings is 1. The summed E-state index contributed by atoms with van der Waals surface area (Å²) in [5, 5.41) is 4.71. The van der Waals surface area contributed by atoms with E-state index in [4.69, 9.17) is 23.2 Å². The molecule has 2 rings (SSSR count). The number of hydrazone groups is 1. The average Bonchev–Trinajstić information content (AvgIpc) is 2.43. The molecule has 20 heavy (non-hydrogen) atoms. The molecular formula is C13H13Cl2N3O2. The Morgan fingerprint density at radius 3 is 2.70 bits per heavy atom. The van der Waals surface area contributed by atoms with E-state index in [9.17, 15) is 9.59 Å². The Labute approximate surface area is 126 Å². The molecule has 0 spiro atoms. The van der Waals surface area contributed by atoms with E-state index in [1.165, 1.54) is 4.90 Å². The molecule has 0 saturated carbocycles. The third-order valence-electron chi connectivity index (χ3n) is 2.90. The van der Waals surface area contributed by atoms with Crippen LogP contribution in [0.4, 0.5) is 0 Å². The van der Waals surface area contributed by atoms with Crippen LogP contribution in [0.15, 0.2) is 23.3 Å². The van der Waals surface area contributed by atoms with Crippen LogP contribution in [0.5, 0.6) is 0 Å². The molecule has 1 aliphatic heterocycles. The van der Waals surface area contributed by atoms with E-state index >= 15 is 0 Å². The van der Waals surface area contributed by atoms with E-state index in [0.29, 0.717) is 28.7 Å². The lowest BCUT2D eigenvalue weighted by molar-refractivity contribution is -0.124. The Bertz CT molecular complexity index is 587. The van der Waals surface area contributed by atoms with Crippen LogP contribution in [0, 0.1) is 0 Å². The lowest BCUT2D eigenvalue weighted by atomic mass is 10.1. The van der Waals surface area contributed by atoms with Crippen LogP contribution in [0.1, 0.15) is 18.4 Å². The summed E-state index contributed by atoms with van der Waals surface area (Å²) in [4.78, 5) is 24.7. The Hall–Kier alpha value is -1.59. The molecule has 1 aliphatic rings. The molecule has 0 saturated heterocycles. The SMILES string of the molecule is CN(Cc1ccc(Cl)c(Cl)c1)C(=O)C1=NNC(=O)CC1. The Balaban J connectivity index is 2.04. The van der Waals surface area contributed by atoms with Crippen molar-refractivity contribution in [2.24, 2.45) is 5.10 Å². The van der Waals surface area contributed by atoms with Crippen molar-refractivity contribution in [1.29, 1.82) is 0 Å². The van der Waals surface area contributed by atoms with E-state index in [0.717, 1.165) is 5.56 Å². The molecule has 0 radical (unpaired) electrons. The summed E-state index contributed by atoms with van der Waals surface area (Å²) in [5.74, 6) is -0.384. The molecule has 7 heteroatoms. The fourth-order valence-corrected chi connectivity index (χ4v) is 2.15. The van der Waals surface area contributed by atoms with Crippen molar-refractivity contribution in [1.82, 2.24) is 10.3 Å². The molecule has 106 valence electrons. The van der Waals surface area contributed by atoms with Gasteiger partial charge in [-0.2, -0.15) is 5.10 Å². The van der Waals surface area contributed by atoms with Crippen molar-refractivity contribution >= 4 is 40.7 Å². The molecule has 0 atom stereocenters. The molecular weight excluding hydrogens is 301 g/mol. The minimum Gasteiger partial charge on any atom is -0.336 e. The average molecular weight is 314 g/mol. The zero-order valence-corrected chi connectivity index (χ0v) is 12.3. The van der Waals surface area contributed by atoms with E-state index in [1.807, 2.05) is 6.07 Å². The number of carbonyl (C=O) groups is 2. The summed E-state index contributed by atoms with van der Waals surface area (Å²) in [5.41, 5.74) is 3.54. The maximum absolute atomic E-state index is 12.1. The fraction of sp³-hybridized carbons (Fsp3) is 0.308. The van der Waals surface area contributed by atoms with E-state index in [-0.39, 0.29) is 18.2 Å². The van der Waals surface area contributed by atoms with Crippen LogP contribution in [0.25, 0.3) is 0 Å². The van der Waals surface area contributed by atoms with Gasteiger partial charge in [0, 0.05) is 26.4 Å². The van der Waals surface area contributed by atoms with Gasteiger partial charge in [-0.05, 0) is 17.7 Å². The minimum atomic E-state index is -0.212. The van der Waals surface area contributed by atoms with Gasteiger partial charge in [-0.15, -0.1) is 0 Å². The van der Waals surface area contributed by atoms with Crippen molar-refractivity contribution in [2.45, 2.75) is 19.4 Å². The number of hydrogen-bond acceptors (Lipinski definition) is 3. The number of halogens is 2. The smallest absolute Gasteiger partial charge is 0.270 e. The molecule has 5 nitrogen and oxygen atoms in total. The minimum absolute atomic E-state index is 0.173. The third-order valence-corrected chi connectivity index (χ3v) is 3.64. The first-order valence-electron chi connectivity index (χ1n) is 6.02. The number of nitrogens with one attached hydrogen (secondary N) is 1. The number of amides is 2. The molecule has 0 aliphatic carbocycles. The van der Waals surface area contributed by atoms with Crippen molar-refractivity contribution in [3.05, 3.63) is 33.8 Å². The van der Waals surface area contributed by atoms with Crippen LogP contribution in [0.3, 0.4) is 0 Å². The summed E-state index contributed by atoms with van der Waals surface area (Å²) in [6.07, 6.45) is 0.640. The summed E-state index contributed by atoms with van der Waals surface area (Å²) in [7, 11) is 1.67. The molecule has 0 aromatic heterocycles. The first-order valence-corrected chi connectivity index (χ1v) is 6.78. The fourth-order valence-electron chi connectivity index (χ4n) is 1.83. The molecule has 1 aromatic rings. The highest BCUT2D eigenvalue weighted by molar-refractivity contribution is 6.42. The van der Waals surface area contributed by atoms with E-state index in [1.54, 1.807) is 19.2 Å². The zero-order chi connectivity index (χ0) is 14.7. The number of carbonyl (C=O) groups excluding carboxylic acids is 2. The zero-order valence-electron chi connectivity index (χ0n) is 10.8. The highest BCUT2D eigenvalue weighted by atomic mass is 35.5. The molecule has 2 amide bonds. The van der Waals surface area contributed by atoms with Gasteiger partial charge in [0.25, 0.3) is 5.91 Å². The largest absolute Gasteiger partial charge is 0.336 e. The predicted molar refractivity (Wildman–Crippen MR) is 77.7 cm³/mol. The number of hydrogen-bond donors (Lipinski definition) is 1. The summed E-state index contributed by atoms with van der Waals surface area (Å²) in [6.45, 7) is 0.392. The molecule has 1 aromatic carbocycles. The molecule has 0 unspecified atom stereocenters. The van der Waals surface area contributed by atoms with Crippen LogP contribution < -0.4 is 5.43 Å². The van der Waals surface area contributed by atoms with E-state index < -0.39 is 0 Å². The van der Waals surface area contributed by atoms with Crippen molar-refractivity contribution < 1.29 is 9.59 Å². The third kappa shape index (κ3) is 3.49. The number of rotatable bonds is 3. The molecule has 1 N–H and O–H groups in total. The first-order chi connectivity index (χ1) is 9.47. The molecule has 0 fully saturated rings. The predicted octanol–water partition coefficient (Wildman–Crippen LogP) is 2.22. The van der Waals surface area contributed by atoms with Crippen LogP contribution >= 0.6 is 23.2 Å². The normalized spacial score (nSPS) is 14.6. The van der Waals surface area contributed by atoms with Crippen molar-refractivity contribution in [2.75, 3.05) is 7.05 Å². The first kappa shape index (κ1) is 14.8. The standard InChI is InChI=1S/C13H13Cl2N3O2/c1-18(7-8-2-3-9(14)10(15)6-8)13(20)11-4-5-12(19)17-16-11/h2-3,6H,4-5,7H2,1H3,(H,17,19). The Morgan fingerprint density at radius 2 is 2.10 bits per heavy atom. The van der Waals surface area contributed by atoms with Gasteiger partial charge in [0.1, 0.15) is 5.71 Å². The van der Waals surface area contributed by atoms with Crippen molar-refractivity contribution in [3.8, 4) is 0 Å². The maximum Gasteiger partial charge on any atom is 0.270 e. The summed E-state index contributed by atoms with van der Waals surface area (Å²) < 4.78 is 0. The van der Waals surface area contributed by atoms with Gasteiger partial charge < -0.3 is 4.90 Å². The van der Waals surface area contributed by atoms with Gasteiger partial charge in [-0.25, -0.2) is 5.43 Å². The number of nitrogens with zero attached hydrogens (tertiary/aromatic N) is 2. The van der Waals surface area contributed by atoms with Gasteiger partial charge in [0.2, 0.25) is 5.91 Å². The van der Waals surface area contributed by atoms with Crippen LogP contribution in [0.2, 0.25) is 10.0 Å². The summed E-state index contributed by atoms with van der Waals surface area (Å²) in [6, 6.07) is 5.22. The molecule has 1 heterocycles. The van der Waals surface area contributed by atoms with Gasteiger partial charge in [0.15, 0.2) is 0 Å². The Kier molecular flexibility index (Phi) is 4.62. The second kappa shape index (κ2) is 6.24. The maximum atomic E-state index is 12.1. The van der Waals surface area contributed by atoms with Crippen LogP contribution in [-0.4, -0.2) is 29.5 Å². The lowest BCUT2D eigenvalue weighted by Gasteiger charge is -2.20. The quantitative estimate of drug-likeness (QED) is 0.930. The van der Waals surface area contributed by atoms with Gasteiger partial charge >= 0.3 is 0 Å². The molecule has 0 bridgehead atoms. The van der Waals surface area contributed by atoms with Gasteiger partial charge in [0.05, 0.1) is 10.0 Å². The van der Waals surface area contributed by atoms with Gasteiger partial charge in [-0.3, -0.25) is 9.59 Å². The lowest BCUT2D eigenvalue weighted by Crippen LogP contribution is -2.37. The summed E-state index contributed by atoms with van der Waals surface area (Å²) >= 11 is 11.8. The second-order valence-corrected chi connectivity index (χ2v) is 5.32. The van der Waals surface area contributed by atoms with Gasteiger partial charge in [-0.1, -0.05) is 29.3 Å². The van der Waals surface area contributed by atoms with E-state index in [2.05, 4.69) is 10.5 Å². The topological polar surface area (TPSA) is 61.8 Å². The monoisotopic (exact) mass is 313 g/mol.